The first kappa shape index (κ1) is 35.4. The van der Waals surface area contributed by atoms with Crippen LogP contribution in [0.4, 0.5) is 0 Å². The summed E-state index contributed by atoms with van der Waals surface area (Å²) < 4.78 is 10.1. The molecule has 0 heterocycles. The minimum Gasteiger partial charge on any atom is -0.479 e. The number of carboxylic acids is 1. The molecule has 0 aliphatic carbocycles. The second kappa shape index (κ2) is 24.7. The van der Waals surface area contributed by atoms with E-state index < -0.39 is 36.4 Å². The molecule has 0 rings (SSSR count). The van der Waals surface area contributed by atoms with Crippen LogP contribution < -0.4 is 0 Å². The van der Waals surface area contributed by atoms with Crippen molar-refractivity contribution in [3.8, 4) is 0 Å². The third kappa shape index (κ3) is 22.1. The lowest BCUT2D eigenvalue weighted by atomic mass is 9.96. The van der Waals surface area contributed by atoms with Gasteiger partial charge >= 0.3 is 17.9 Å². The molecule has 37 heavy (non-hydrogen) atoms. The predicted molar refractivity (Wildman–Crippen MR) is 147 cm³/mol. The van der Waals surface area contributed by atoms with Crippen LogP contribution in [0.3, 0.4) is 0 Å². The van der Waals surface area contributed by atoms with Crippen LogP contribution in [-0.2, 0) is 23.9 Å². The third-order valence-electron chi connectivity index (χ3n) is 6.79. The summed E-state index contributed by atoms with van der Waals surface area (Å²) in [6.45, 7) is 4.69. The molecule has 1 unspecified atom stereocenters. The van der Waals surface area contributed by atoms with Crippen molar-refractivity contribution >= 4 is 17.9 Å². The monoisotopic (exact) mass is 528 g/mol. The van der Waals surface area contributed by atoms with E-state index in [0.29, 0.717) is 12.8 Å². The van der Waals surface area contributed by atoms with Crippen LogP contribution in [0.15, 0.2) is 0 Å². The van der Waals surface area contributed by atoms with Crippen LogP contribution in [0.2, 0.25) is 0 Å². The highest BCUT2D eigenvalue weighted by molar-refractivity contribution is 5.88. The second-order valence-corrected chi connectivity index (χ2v) is 10.5. The summed E-state index contributed by atoms with van der Waals surface area (Å²) in [6, 6.07) is 0. The third-order valence-corrected chi connectivity index (χ3v) is 6.79. The first-order valence-corrected chi connectivity index (χ1v) is 15.1. The fourth-order valence-corrected chi connectivity index (χ4v) is 4.34. The number of carbonyl (C=O) groups excluding carboxylic acids is 2. The first-order chi connectivity index (χ1) is 17.9. The molecule has 0 amide bonds. The van der Waals surface area contributed by atoms with Gasteiger partial charge in [-0.15, -0.1) is 0 Å². The fraction of sp³-hybridized carbons (Fsp3) is 0.900. The Morgan fingerprint density at radius 2 is 0.784 bits per heavy atom. The molecule has 0 radical (unpaired) electrons. The molecule has 0 aromatic carbocycles. The van der Waals surface area contributed by atoms with E-state index in [-0.39, 0.29) is 13.2 Å². The average molecular weight is 529 g/mol. The van der Waals surface area contributed by atoms with Crippen molar-refractivity contribution in [3.63, 3.8) is 0 Å². The summed E-state index contributed by atoms with van der Waals surface area (Å²) in [7, 11) is 0. The highest BCUT2D eigenvalue weighted by Crippen LogP contribution is 2.19. The van der Waals surface area contributed by atoms with Crippen molar-refractivity contribution in [3.05, 3.63) is 0 Å². The Bertz CT molecular complexity index is 578. The molecule has 1 atom stereocenters. The van der Waals surface area contributed by atoms with Gasteiger partial charge in [-0.3, -0.25) is 9.59 Å². The van der Waals surface area contributed by atoms with Crippen molar-refractivity contribution in [1.82, 2.24) is 0 Å². The van der Waals surface area contributed by atoms with Gasteiger partial charge in [0.1, 0.15) is 0 Å². The molecule has 0 aliphatic rings. The summed E-state index contributed by atoms with van der Waals surface area (Å²) >= 11 is 0. The van der Waals surface area contributed by atoms with Crippen molar-refractivity contribution < 1.29 is 34.1 Å². The summed E-state index contributed by atoms with van der Waals surface area (Å²) in [5.74, 6) is -3.27. The number of ether oxygens (including phenoxy) is 2. The Hall–Kier alpha value is -1.63. The molecule has 0 fully saturated rings. The van der Waals surface area contributed by atoms with Crippen LogP contribution >= 0.6 is 0 Å². The summed E-state index contributed by atoms with van der Waals surface area (Å²) in [6.07, 6.45) is 22.2. The zero-order valence-electron chi connectivity index (χ0n) is 23.9. The van der Waals surface area contributed by atoms with Crippen molar-refractivity contribution in [1.29, 1.82) is 0 Å². The average Bonchev–Trinajstić information content (AvgIpc) is 2.85. The van der Waals surface area contributed by atoms with Crippen molar-refractivity contribution in [2.75, 3.05) is 13.2 Å². The number of carbonyl (C=O) groups is 3. The molecular formula is C30H56O7. The molecule has 7 nitrogen and oxygen atoms in total. The predicted octanol–water partition coefficient (Wildman–Crippen LogP) is 7.51. The molecule has 0 bridgehead atoms. The van der Waals surface area contributed by atoms with Gasteiger partial charge in [-0.2, -0.15) is 0 Å². The molecule has 0 saturated heterocycles. The van der Waals surface area contributed by atoms with E-state index in [2.05, 4.69) is 13.8 Å². The van der Waals surface area contributed by atoms with E-state index in [1.807, 2.05) is 0 Å². The SMILES string of the molecule is CCCCCCCCCCCCCCCCCCOC(=O)CC(O)(CC(=O)OCCCCCC)C(=O)O. The van der Waals surface area contributed by atoms with Gasteiger partial charge in [-0.25, -0.2) is 4.79 Å². The lowest BCUT2D eigenvalue weighted by molar-refractivity contribution is -0.173. The highest BCUT2D eigenvalue weighted by Gasteiger charge is 2.42. The van der Waals surface area contributed by atoms with Gasteiger partial charge in [0, 0.05) is 0 Å². The van der Waals surface area contributed by atoms with Gasteiger partial charge in [-0.05, 0) is 12.8 Å². The Kier molecular flexibility index (Phi) is 23.6. The number of unbranched alkanes of at least 4 members (excludes halogenated alkanes) is 18. The van der Waals surface area contributed by atoms with Crippen molar-refractivity contribution in [2.45, 2.75) is 161 Å². The standard InChI is InChI=1S/C30H56O7/c1-3-5-7-9-10-11-12-13-14-15-16-17-18-19-20-22-24-37-28(32)26-30(35,29(33)34)25-27(31)36-23-21-8-6-4-2/h35H,3-26H2,1-2H3,(H,33,34). The Morgan fingerprint density at radius 3 is 1.08 bits per heavy atom. The molecular weight excluding hydrogens is 472 g/mol. The fourth-order valence-electron chi connectivity index (χ4n) is 4.34. The van der Waals surface area contributed by atoms with Gasteiger partial charge in [-0.1, -0.05) is 129 Å². The van der Waals surface area contributed by atoms with Gasteiger partial charge in [0.15, 0.2) is 5.60 Å². The van der Waals surface area contributed by atoms with Crippen LogP contribution in [0.1, 0.15) is 155 Å². The molecule has 2 N–H and O–H groups in total. The summed E-state index contributed by atoms with van der Waals surface area (Å²) in [5.41, 5.74) is -2.51. The lowest BCUT2D eigenvalue weighted by Crippen LogP contribution is -2.43. The van der Waals surface area contributed by atoms with Gasteiger partial charge < -0.3 is 19.7 Å². The van der Waals surface area contributed by atoms with Crippen LogP contribution in [0, 0.1) is 0 Å². The molecule has 0 aliphatic heterocycles. The van der Waals surface area contributed by atoms with Crippen molar-refractivity contribution in [2.24, 2.45) is 0 Å². The molecule has 0 saturated carbocycles. The zero-order chi connectivity index (χ0) is 27.6. The summed E-state index contributed by atoms with van der Waals surface area (Å²) in [5, 5.41) is 19.6. The number of esters is 2. The maximum Gasteiger partial charge on any atom is 0.336 e. The minimum atomic E-state index is -2.51. The first-order valence-electron chi connectivity index (χ1n) is 15.1. The number of hydrogen-bond donors (Lipinski definition) is 2. The lowest BCUT2D eigenvalue weighted by Gasteiger charge is -2.21. The number of aliphatic carboxylic acids is 1. The highest BCUT2D eigenvalue weighted by atomic mass is 16.5. The van der Waals surface area contributed by atoms with Crippen LogP contribution in [0.5, 0.6) is 0 Å². The topological polar surface area (TPSA) is 110 Å². The molecule has 0 aromatic heterocycles. The van der Waals surface area contributed by atoms with E-state index in [1.54, 1.807) is 0 Å². The normalized spacial score (nSPS) is 12.7. The Morgan fingerprint density at radius 1 is 0.514 bits per heavy atom. The maximum absolute atomic E-state index is 12.0. The summed E-state index contributed by atoms with van der Waals surface area (Å²) in [4.78, 5) is 35.4. The molecule has 0 spiro atoms. The second-order valence-electron chi connectivity index (χ2n) is 10.5. The zero-order valence-corrected chi connectivity index (χ0v) is 23.9. The van der Waals surface area contributed by atoms with Crippen LogP contribution in [0.25, 0.3) is 0 Å². The van der Waals surface area contributed by atoms with E-state index in [1.165, 1.54) is 83.5 Å². The van der Waals surface area contributed by atoms with E-state index in [4.69, 9.17) is 9.47 Å². The Labute approximate surface area is 226 Å². The van der Waals surface area contributed by atoms with Crippen LogP contribution in [-0.4, -0.2) is 46.9 Å². The van der Waals surface area contributed by atoms with E-state index in [0.717, 1.165) is 32.1 Å². The van der Waals surface area contributed by atoms with Gasteiger partial charge in [0.2, 0.25) is 0 Å². The van der Waals surface area contributed by atoms with E-state index in [9.17, 15) is 24.6 Å². The minimum absolute atomic E-state index is 0.179. The number of carboxylic acid groups (broad SMARTS) is 1. The quantitative estimate of drug-likeness (QED) is 0.0838. The van der Waals surface area contributed by atoms with Gasteiger partial charge in [0.05, 0.1) is 26.1 Å². The maximum atomic E-state index is 12.0. The molecule has 7 heteroatoms. The molecule has 0 aromatic rings. The smallest absolute Gasteiger partial charge is 0.336 e. The van der Waals surface area contributed by atoms with E-state index >= 15 is 0 Å². The largest absolute Gasteiger partial charge is 0.479 e. The number of hydrogen-bond acceptors (Lipinski definition) is 6. The van der Waals surface area contributed by atoms with Gasteiger partial charge in [0.25, 0.3) is 0 Å². The molecule has 218 valence electrons. The number of rotatable bonds is 27. The number of aliphatic hydroxyl groups is 1. The Balaban J connectivity index is 3.74.